The summed E-state index contributed by atoms with van der Waals surface area (Å²) in [7, 11) is 0. The number of aromatic nitrogens is 1. The molecule has 2 amide bonds. The van der Waals surface area contributed by atoms with Gasteiger partial charge in [-0.1, -0.05) is 17.3 Å². The minimum absolute atomic E-state index is 0.124. The first kappa shape index (κ1) is 17.0. The molecule has 0 bridgehead atoms. The smallest absolute Gasteiger partial charge is 0.307 e. The molecule has 0 saturated carbocycles. The number of hydrogen-bond donors (Lipinski definition) is 2. The molecule has 1 aliphatic rings. The summed E-state index contributed by atoms with van der Waals surface area (Å²) >= 11 is 1.30. The molecule has 1 aliphatic heterocycles. The van der Waals surface area contributed by atoms with E-state index in [1.807, 2.05) is 18.2 Å². The Morgan fingerprint density at radius 3 is 2.96 bits per heavy atom. The maximum Gasteiger partial charge on any atom is 0.307 e. The number of aryl methyl sites for hydroxylation is 1. The molecule has 1 unspecified atom stereocenters. The van der Waals surface area contributed by atoms with E-state index in [1.54, 1.807) is 19.1 Å². The van der Waals surface area contributed by atoms with Gasteiger partial charge in [-0.2, -0.15) is 0 Å². The average Bonchev–Trinajstić information content (AvgIpc) is 2.98. The standard InChI is InChI=1S/C16H15N3O5S/c1-9-6-13(19-24-9)18-14(20)8-23-15(21)7-12-16(22)17-10-4-2-3-5-11(10)25-12/h2-6,12H,7-8H2,1H3,(H,17,22)(H,18,19,20). The van der Waals surface area contributed by atoms with Crippen molar-refractivity contribution in [3.8, 4) is 0 Å². The van der Waals surface area contributed by atoms with E-state index in [1.165, 1.54) is 11.8 Å². The summed E-state index contributed by atoms with van der Waals surface area (Å²) in [5.74, 6) is -0.625. The Morgan fingerprint density at radius 1 is 1.40 bits per heavy atom. The number of thioether (sulfide) groups is 1. The monoisotopic (exact) mass is 361 g/mol. The molecule has 130 valence electrons. The molecule has 0 aliphatic carbocycles. The second kappa shape index (κ2) is 7.39. The Kier molecular flexibility index (Phi) is 5.03. The minimum atomic E-state index is -0.626. The van der Waals surface area contributed by atoms with E-state index in [2.05, 4.69) is 15.8 Å². The summed E-state index contributed by atoms with van der Waals surface area (Å²) in [4.78, 5) is 36.5. The third kappa shape index (κ3) is 4.38. The predicted octanol–water partition coefficient (Wildman–Crippen LogP) is 1.97. The Morgan fingerprint density at radius 2 is 2.20 bits per heavy atom. The van der Waals surface area contributed by atoms with Crippen LogP contribution in [0.2, 0.25) is 0 Å². The molecule has 0 fully saturated rings. The van der Waals surface area contributed by atoms with Crippen molar-refractivity contribution in [2.24, 2.45) is 0 Å². The van der Waals surface area contributed by atoms with Crippen molar-refractivity contribution in [2.75, 3.05) is 17.2 Å². The molecule has 0 spiro atoms. The van der Waals surface area contributed by atoms with Gasteiger partial charge >= 0.3 is 5.97 Å². The number of nitrogens with one attached hydrogen (secondary N) is 2. The molecule has 0 radical (unpaired) electrons. The van der Waals surface area contributed by atoms with E-state index < -0.39 is 23.7 Å². The van der Waals surface area contributed by atoms with Crippen molar-refractivity contribution < 1.29 is 23.6 Å². The molecule has 1 aromatic carbocycles. The Bertz CT molecular complexity index is 820. The Balaban J connectivity index is 1.48. The molecular formula is C16H15N3O5S. The minimum Gasteiger partial charge on any atom is -0.456 e. The van der Waals surface area contributed by atoms with Gasteiger partial charge in [0.1, 0.15) is 5.76 Å². The summed E-state index contributed by atoms with van der Waals surface area (Å²) in [6, 6.07) is 8.88. The molecule has 8 nitrogen and oxygen atoms in total. The first-order valence-corrected chi connectivity index (χ1v) is 8.34. The number of anilines is 2. The largest absolute Gasteiger partial charge is 0.456 e. The first-order chi connectivity index (χ1) is 12.0. The van der Waals surface area contributed by atoms with Gasteiger partial charge in [-0.25, -0.2) is 0 Å². The molecular weight excluding hydrogens is 346 g/mol. The van der Waals surface area contributed by atoms with Crippen LogP contribution in [0.25, 0.3) is 0 Å². The van der Waals surface area contributed by atoms with Gasteiger partial charge in [0.2, 0.25) is 5.91 Å². The fourth-order valence-corrected chi connectivity index (χ4v) is 3.28. The number of carbonyl (C=O) groups excluding carboxylic acids is 3. The number of fused-ring (bicyclic) bond motifs is 1. The quantitative estimate of drug-likeness (QED) is 0.783. The molecule has 1 aromatic heterocycles. The number of ether oxygens (including phenoxy) is 1. The topological polar surface area (TPSA) is 111 Å². The van der Waals surface area contributed by atoms with Crippen LogP contribution in [-0.2, 0) is 19.1 Å². The number of nitrogens with zero attached hydrogens (tertiary/aromatic N) is 1. The lowest BCUT2D eigenvalue weighted by molar-refractivity contribution is -0.147. The molecule has 3 rings (SSSR count). The van der Waals surface area contributed by atoms with Gasteiger partial charge in [-0.15, -0.1) is 11.8 Å². The maximum absolute atomic E-state index is 12.0. The number of para-hydroxylation sites is 1. The SMILES string of the molecule is Cc1cc(NC(=O)COC(=O)CC2Sc3ccccc3NC2=O)no1. The van der Waals surface area contributed by atoms with Gasteiger partial charge in [-0.3, -0.25) is 14.4 Å². The Hall–Kier alpha value is -2.81. The van der Waals surface area contributed by atoms with Crippen LogP contribution in [-0.4, -0.2) is 34.8 Å². The van der Waals surface area contributed by atoms with Gasteiger partial charge in [0.15, 0.2) is 12.4 Å². The van der Waals surface area contributed by atoms with Crippen LogP contribution in [0.4, 0.5) is 11.5 Å². The zero-order valence-electron chi connectivity index (χ0n) is 13.3. The van der Waals surface area contributed by atoms with Crippen molar-refractivity contribution >= 4 is 41.1 Å². The van der Waals surface area contributed by atoms with Crippen LogP contribution in [0.15, 0.2) is 39.8 Å². The number of amides is 2. The fraction of sp³-hybridized carbons (Fsp3) is 0.250. The molecule has 2 N–H and O–H groups in total. The van der Waals surface area contributed by atoms with Crippen molar-refractivity contribution in [3.63, 3.8) is 0 Å². The lowest BCUT2D eigenvalue weighted by atomic mass is 10.2. The highest BCUT2D eigenvalue weighted by Gasteiger charge is 2.29. The van der Waals surface area contributed by atoms with E-state index in [4.69, 9.17) is 9.26 Å². The number of benzene rings is 1. The van der Waals surface area contributed by atoms with Crippen LogP contribution in [0, 0.1) is 6.92 Å². The van der Waals surface area contributed by atoms with E-state index in [0.29, 0.717) is 5.76 Å². The van der Waals surface area contributed by atoms with Crippen molar-refractivity contribution in [1.29, 1.82) is 0 Å². The second-order valence-electron chi connectivity index (χ2n) is 5.33. The number of esters is 1. The predicted molar refractivity (Wildman–Crippen MR) is 90.2 cm³/mol. The molecule has 9 heteroatoms. The van der Waals surface area contributed by atoms with Gasteiger partial charge < -0.3 is 19.9 Å². The van der Waals surface area contributed by atoms with E-state index in [0.717, 1.165) is 10.6 Å². The van der Waals surface area contributed by atoms with Crippen LogP contribution in [0.5, 0.6) is 0 Å². The molecule has 1 atom stereocenters. The van der Waals surface area contributed by atoms with Crippen LogP contribution in [0.1, 0.15) is 12.2 Å². The maximum atomic E-state index is 12.0. The highest BCUT2D eigenvalue weighted by Crippen LogP contribution is 2.36. The number of hydrogen-bond acceptors (Lipinski definition) is 7. The highest BCUT2D eigenvalue weighted by molar-refractivity contribution is 8.01. The second-order valence-corrected chi connectivity index (χ2v) is 6.57. The summed E-state index contributed by atoms with van der Waals surface area (Å²) in [6.45, 7) is 1.23. The first-order valence-electron chi connectivity index (χ1n) is 7.46. The third-order valence-corrected chi connectivity index (χ3v) is 4.59. The molecule has 2 heterocycles. The fourth-order valence-electron chi connectivity index (χ4n) is 2.19. The number of rotatable bonds is 5. The van der Waals surface area contributed by atoms with Gasteiger partial charge in [-0.05, 0) is 19.1 Å². The van der Waals surface area contributed by atoms with E-state index in [9.17, 15) is 14.4 Å². The summed E-state index contributed by atoms with van der Waals surface area (Å²) in [5.41, 5.74) is 0.726. The molecule has 25 heavy (non-hydrogen) atoms. The third-order valence-electron chi connectivity index (χ3n) is 3.32. The number of carbonyl (C=O) groups is 3. The lowest BCUT2D eigenvalue weighted by Crippen LogP contribution is -2.32. The zero-order chi connectivity index (χ0) is 17.8. The summed E-state index contributed by atoms with van der Waals surface area (Å²) in [5, 5.41) is 8.20. The average molecular weight is 361 g/mol. The van der Waals surface area contributed by atoms with Crippen molar-refractivity contribution in [1.82, 2.24) is 5.16 Å². The van der Waals surface area contributed by atoms with E-state index in [-0.39, 0.29) is 18.1 Å². The highest BCUT2D eigenvalue weighted by atomic mass is 32.2. The van der Waals surface area contributed by atoms with Crippen LogP contribution < -0.4 is 10.6 Å². The summed E-state index contributed by atoms with van der Waals surface area (Å²) < 4.78 is 9.73. The van der Waals surface area contributed by atoms with Crippen molar-refractivity contribution in [3.05, 3.63) is 36.1 Å². The molecule has 2 aromatic rings. The zero-order valence-corrected chi connectivity index (χ0v) is 14.1. The van der Waals surface area contributed by atoms with Gasteiger partial charge in [0, 0.05) is 11.0 Å². The van der Waals surface area contributed by atoms with Gasteiger partial charge in [0.25, 0.3) is 5.91 Å². The Labute approximate surface area is 147 Å². The van der Waals surface area contributed by atoms with E-state index >= 15 is 0 Å². The normalized spacial score (nSPS) is 15.9. The van der Waals surface area contributed by atoms with Crippen LogP contribution in [0.3, 0.4) is 0 Å². The molecule has 0 saturated heterocycles. The summed E-state index contributed by atoms with van der Waals surface area (Å²) in [6.07, 6.45) is -0.124. The van der Waals surface area contributed by atoms with Crippen molar-refractivity contribution in [2.45, 2.75) is 23.5 Å². The van der Waals surface area contributed by atoms with Crippen LogP contribution >= 0.6 is 11.8 Å². The lowest BCUT2D eigenvalue weighted by Gasteiger charge is -2.23. The van der Waals surface area contributed by atoms with Gasteiger partial charge in [0.05, 0.1) is 17.4 Å².